The fourth-order valence-corrected chi connectivity index (χ4v) is 4.78. The van der Waals surface area contributed by atoms with Gasteiger partial charge in [-0.15, -0.1) is 0 Å². The molecule has 6 nitrogen and oxygen atoms in total. The van der Waals surface area contributed by atoms with Crippen molar-refractivity contribution in [3.05, 3.63) is 89.6 Å². The van der Waals surface area contributed by atoms with Gasteiger partial charge in [0.2, 0.25) is 0 Å². The Hall–Kier alpha value is -3.90. The Morgan fingerprint density at radius 2 is 1.57 bits per heavy atom. The molecule has 1 aromatic heterocycles. The van der Waals surface area contributed by atoms with Crippen molar-refractivity contribution >= 4 is 35.1 Å². The van der Waals surface area contributed by atoms with Gasteiger partial charge in [-0.1, -0.05) is 72.6 Å². The number of benzene rings is 3. The van der Waals surface area contributed by atoms with Gasteiger partial charge in [0.15, 0.2) is 11.5 Å². The first-order chi connectivity index (χ1) is 17.0. The highest BCUT2D eigenvalue weighted by molar-refractivity contribution is 6.30. The molecule has 2 N–H and O–H groups in total. The Morgan fingerprint density at radius 1 is 0.914 bits per heavy atom. The van der Waals surface area contributed by atoms with Crippen molar-refractivity contribution in [1.29, 1.82) is 0 Å². The molecule has 1 fully saturated rings. The number of aromatic nitrogens is 1. The molecular formula is C28H23ClN2O4. The van der Waals surface area contributed by atoms with Crippen LogP contribution in [0.5, 0.6) is 0 Å². The highest BCUT2D eigenvalue weighted by Crippen LogP contribution is 2.35. The van der Waals surface area contributed by atoms with Crippen molar-refractivity contribution in [3.63, 3.8) is 0 Å². The molecule has 7 heteroatoms. The summed E-state index contributed by atoms with van der Waals surface area (Å²) >= 11 is 6.02. The van der Waals surface area contributed by atoms with Crippen LogP contribution < -0.4 is 5.32 Å². The highest BCUT2D eigenvalue weighted by Gasteiger charge is 2.37. The number of oxazole rings is 1. The summed E-state index contributed by atoms with van der Waals surface area (Å²) in [6.45, 7) is 0. The third-order valence-corrected chi connectivity index (χ3v) is 6.66. The fourth-order valence-electron chi connectivity index (χ4n) is 4.59. The van der Waals surface area contributed by atoms with E-state index in [1.54, 1.807) is 30.5 Å². The second-order valence-corrected chi connectivity index (χ2v) is 9.10. The summed E-state index contributed by atoms with van der Waals surface area (Å²) in [6.07, 6.45) is 3.65. The second-order valence-electron chi connectivity index (χ2n) is 8.67. The molecule has 0 spiro atoms. The molecular weight excluding hydrogens is 464 g/mol. The maximum Gasteiger partial charge on any atom is 0.307 e. The third-order valence-electron chi connectivity index (χ3n) is 6.42. The van der Waals surface area contributed by atoms with Crippen LogP contribution in [0.2, 0.25) is 5.02 Å². The number of carbonyl (C=O) groups excluding carboxylic acids is 1. The molecule has 176 valence electrons. The van der Waals surface area contributed by atoms with Gasteiger partial charge in [-0.3, -0.25) is 9.59 Å². The van der Waals surface area contributed by atoms with Crippen LogP contribution in [-0.2, 0) is 4.79 Å². The fraction of sp³-hybridized carbons (Fsp3) is 0.179. The molecule has 0 aliphatic heterocycles. The van der Waals surface area contributed by atoms with Crippen molar-refractivity contribution in [2.45, 2.75) is 19.3 Å². The normalized spacial score (nSPS) is 17.3. The van der Waals surface area contributed by atoms with Gasteiger partial charge in [0, 0.05) is 27.8 Å². The van der Waals surface area contributed by atoms with Crippen molar-refractivity contribution in [2.24, 2.45) is 11.8 Å². The zero-order valence-corrected chi connectivity index (χ0v) is 19.5. The van der Waals surface area contributed by atoms with Crippen LogP contribution in [0.1, 0.15) is 29.6 Å². The summed E-state index contributed by atoms with van der Waals surface area (Å²) in [6, 6.07) is 22.9. The summed E-state index contributed by atoms with van der Waals surface area (Å²) in [5.74, 6) is -1.34. The van der Waals surface area contributed by atoms with Crippen LogP contribution in [-0.4, -0.2) is 21.8 Å². The predicted molar refractivity (Wildman–Crippen MR) is 135 cm³/mol. The van der Waals surface area contributed by atoms with E-state index in [0.29, 0.717) is 35.2 Å². The summed E-state index contributed by atoms with van der Waals surface area (Å²) < 4.78 is 5.83. The van der Waals surface area contributed by atoms with Gasteiger partial charge in [-0.25, -0.2) is 4.98 Å². The quantitative estimate of drug-likeness (QED) is 0.271. The van der Waals surface area contributed by atoms with Crippen LogP contribution in [0.4, 0.5) is 11.7 Å². The maximum absolute atomic E-state index is 12.9. The number of nitrogens with zero attached hydrogens (tertiary/aromatic N) is 1. The number of ketones is 1. The van der Waals surface area contributed by atoms with Crippen molar-refractivity contribution < 1.29 is 19.1 Å². The van der Waals surface area contributed by atoms with Crippen molar-refractivity contribution in [1.82, 2.24) is 4.98 Å². The standard InChI is InChI=1S/C28H23ClN2O4/c29-21-3-1-4-22(15-21)31-28-30-16-25(35-28)19-11-7-17(8-12-19)18-9-13-20(14-10-18)26(32)23-5-2-6-24(23)27(33)34/h1,3-4,7-16,23-24H,2,5-6H2,(H,30,31)(H,33,34)/t23-,24-/m0/s1. The zero-order chi connectivity index (χ0) is 24.4. The molecule has 0 bridgehead atoms. The molecule has 0 radical (unpaired) electrons. The molecule has 0 amide bonds. The van der Waals surface area contributed by atoms with E-state index >= 15 is 0 Å². The van der Waals surface area contributed by atoms with Crippen LogP contribution in [0.15, 0.2) is 83.4 Å². The van der Waals surface area contributed by atoms with E-state index < -0.39 is 17.8 Å². The van der Waals surface area contributed by atoms with Gasteiger partial charge >= 0.3 is 5.97 Å². The summed E-state index contributed by atoms with van der Waals surface area (Å²) in [5.41, 5.74) is 4.19. The number of rotatable bonds is 7. The monoisotopic (exact) mass is 486 g/mol. The van der Waals surface area contributed by atoms with Crippen LogP contribution >= 0.6 is 11.6 Å². The number of hydrogen-bond donors (Lipinski definition) is 2. The van der Waals surface area contributed by atoms with Crippen LogP contribution in [0.25, 0.3) is 22.5 Å². The first-order valence-electron chi connectivity index (χ1n) is 11.4. The molecule has 1 heterocycles. The lowest BCUT2D eigenvalue weighted by molar-refractivity contribution is -0.142. The number of Topliss-reactive ketones (excluding diaryl/α,β-unsaturated/α-hetero) is 1. The number of carbonyl (C=O) groups is 2. The zero-order valence-electron chi connectivity index (χ0n) is 18.8. The van der Waals surface area contributed by atoms with Gasteiger partial charge in [0.25, 0.3) is 6.01 Å². The minimum Gasteiger partial charge on any atom is -0.481 e. The number of halogens is 1. The number of carboxylic acid groups (broad SMARTS) is 1. The minimum absolute atomic E-state index is 0.0793. The number of aliphatic carboxylic acids is 1. The molecule has 4 aromatic rings. The Kier molecular flexibility index (Phi) is 6.38. The van der Waals surface area contributed by atoms with E-state index in [9.17, 15) is 14.7 Å². The Bertz CT molecular complexity index is 1360. The lowest BCUT2D eigenvalue weighted by Gasteiger charge is -2.14. The molecule has 0 saturated heterocycles. The highest BCUT2D eigenvalue weighted by atomic mass is 35.5. The van der Waals surface area contributed by atoms with E-state index in [0.717, 1.165) is 28.8 Å². The third kappa shape index (κ3) is 4.98. The van der Waals surface area contributed by atoms with Crippen LogP contribution in [0, 0.1) is 11.8 Å². The van der Waals surface area contributed by atoms with Crippen LogP contribution in [0.3, 0.4) is 0 Å². The largest absolute Gasteiger partial charge is 0.481 e. The average molecular weight is 487 g/mol. The SMILES string of the molecule is O=C(O)[C@H]1CCC[C@@H]1C(=O)c1ccc(-c2ccc(-c3cnc(Nc4cccc(Cl)c4)o3)cc2)cc1. The first kappa shape index (κ1) is 22.9. The van der Waals surface area contributed by atoms with E-state index in [-0.39, 0.29) is 5.78 Å². The summed E-state index contributed by atoms with van der Waals surface area (Å²) in [4.78, 5) is 28.6. The van der Waals surface area contributed by atoms with Gasteiger partial charge in [0.05, 0.1) is 12.1 Å². The van der Waals surface area contributed by atoms with Gasteiger partial charge < -0.3 is 14.8 Å². The number of nitrogens with one attached hydrogen (secondary N) is 1. The molecule has 3 aromatic carbocycles. The maximum atomic E-state index is 12.9. The molecule has 1 saturated carbocycles. The van der Waals surface area contributed by atoms with Gasteiger partial charge in [-0.05, 0) is 42.2 Å². The molecule has 1 aliphatic rings. The Morgan fingerprint density at radius 3 is 2.26 bits per heavy atom. The molecule has 35 heavy (non-hydrogen) atoms. The van der Waals surface area contributed by atoms with Crippen molar-refractivity contribution in [3.8, 4) is 22.5 Å². The Balaban J connectivity index is 1.27. The van der Waals surface area contributed by atoms with E-state index in [1.165, 1.54) is 0 Å². The predicted octanol–water partition coefficient (Wildman–Crippen LogP) is 7.09. The molecule has 2 atom stereocenters. The summed E-state index contributed by atoms with van der Waals surface area (Å²) in [7, 11) is 0. The number of anilines is 2. The first-order valence-corrected chi connectivity index (χ1v) is 11.8. The number of hydrogen-bond acceptors (Lipinski definition) is 5. The minimum atomic E-state index is -0.878. The molecule has 0 unspecified atom stereocenters. The van der Waals surface area contributed by atoms with E-state index in [4.69, 9.17) is 16.0 Å². The lowest BCUT2D eigenvalue weighted by atomic mass is 9.88. The van der Waals surface area contributed by atoms with Gasteiger partial charge in [0.1, 0.15) is 0 Å². The van der Waals surface area contributed by atoms with Crippen molar-refractivity contribution in [2.75, 3.05) is 5.32 Å². The molecule has 1 aliphatic carbocycles. The Labute approximate surface area is 207 Å². The lowest BCUT2D eigenvalue weighted by Crippen LogP contribution is -2.25. The van der Waals surface area contributed by atoms with Gasteiger partial charge in [-0.2, -0.15) is 0 Å². The molecule has 5 rings (SSSR count). The van der Waals surface area contributed by atoms with E-state index in [2.05, 4.69) is 10.3 Å². The average Bonchev–Trinajstić information content (AvgIpc) is 3.54. The van der Waals surface area contributed by atoms with E-state index in [1.807, 2.05) is 48.5 Å². The smallest absolute Gasteiger partial charge is 0.307 e. The number of carboxylic acids is 1. The summed E-state index contributed by atoms with van der Waals surface area (Å²) in [5, 5.41) is 13.1. The second kappa shape index (κ2) is 9.76. The topological polar surface area (TPSA) is 92.4 Å².